The summed E-state index contributed by atoms with van der Waals surface area (Å²) in [5.41, 5.74) is 6.89. The quantitative estimate of drug-likeness (QED) is 0.695. The summed E-state index contributed by atoms with van der Waals surface area (Å²) >= 11 is 0. The highest BCUT2D eigenvalue weighted by Gasteiger charge is 2.06. The predicted molar refractivity (Wildman–Crippen MR) is 47.3 cm³/mol. The van der Waals surface area contributed by atoms with Gasteiger partial charge in [0.1, 0.15) is 11.5 Å². The molecule has 3 heteroatoms. The van der Waals surface area contributed by atoms with Gasteiger partial charge in [-0.2, -0.15) is 0 Å². The molecule has 0 bridgehead atoms. The first-order valence-electron chi connectivity index (χ1n) is 3.76. The monoisotopic (exact) mass is 167 g/mol. The summed E-state index contributed by atoms with van der Waals surface area (Å²) in [6.07, 6.45) is 0. The lowest BCUT2D eigenvalue weighted by Gasteiger charge is -2.09. The van der Waals surface area contributed by atoms with Gasteiger partial charge in [-0.25, -0.2) is 0 Å². The molecule has 0 unspecified atom stereocenters. The van der Waals surface area contributed by atoms with Crippen molar-refractivity contribution in [3.63, 3.8) is 0 Å². The van der Waals surface area contributed by atoms with E-state index >= 15 is 0 Å². The lowest BCUT2D eigenvalue weighted by atomic mass is 10.1. The van der Waals surface area contributed by atoms with Crippen LogP contribution in [0.4, 0.5) is 0 Å². The molecule has 0 spiro atoms. The van der Waals surface area contributed by atoms with Crippen molar-refractivity contribution >= 4 is 0 Å². The first-order valence-corrected chi connectivity index (χ1v) is 3.76. The van der Waals surface area contributed by atoms with E-state index in [1.165, 1.54) is 0 Å². The van der Waals surface area contributed by atoms with Crippen molar-refractivity contribution < 1.29 is 9.84 Å². The number of rotatable bonds is 2. The van der Waals surface area contributed by atoms with Gasteiger partial charge in [0.25, 0.3) is 0 Å². The Balaban J connectivity index is 3.20. The number of methoxy groups -OCH3 is 1. The molecule has 3 N–H and O–H groups in total. The molecule has 0 amide bonds. The largest absolute Gasteiger partial charge is 0.507 e. The van der Waals surface area contributed by atoms with Crippen LogP contribution in [0.25, 0.3) is 0 Å². The molecule has 0 atom stereocenters. The Morgan fingerprint density at radius 3 is 2.67 bits per heavy atom. The molecule has 12 heavy (non-hydrogen) atoms. The van der Waals surface area contributed by atoms with E-state index in [1.807, 2.05) is 0 Å². The Kier molecular flexibility index (Phi) is 2.55. The first-order chi connectivity index (χ1) is 5.70. The fraction of sp³-hybridized carbons (Fsp3) is 0.333. The summed E-state index contributed by atoms with van der Waals surface area (Å²) in [5.74, 6) is 0.918. The van der Waals surface area contributed by atoms with Crippen LogP contribution in [0.1, 0.15) is 11.1 Å². The maximum Gasteiger partial charge on any atom is 0.126 e. The number of phenolic OH excluding ortho intramolecular Hbond substituents is 1. The van der Waals surface area contributed by atoms with E-state index in [2.05, 4.69) is 0 Å². The van der Waals surface area contributed by atoms with E-state index in [0.717, 1.165) is 11.1 Å². The molecule has 0 aliphatic rings. The van der Waals surface area contributed by atoms with E-state index in [-0.39, 0.29) is 5.75 Å². The second kappa shape index (κ2) is 3.45. The van der Waals surface area contributed by atoms with Crippen LogP contribution < -0.4 is 10.5 Å². The molecule has 1 aromatic carbocycles. The number of phenols is 1. The van der Waals surface area contributed by atoms with Crippen LogP contribution in [-0.2, 0) is 6.54 Å². The van der Waals surface area contributed by atoms with Gasteiger partial charge in [0, 0.05) is 17.7 Å². The molecule has 0 aliphatic heterocycles. The molecule has 0 radical (unpaired) electrons. The second-order valence-corrected chi connectivity index (χ2v) is 2.60. The predicted octanol–water partition coefficient (Wildman–Crippen LogP) is 1.17. The molecule has 0 aliphatic carbocycles. The van der Waals surface area contributed by atoms with E-state index in [0.29, 0.717) is 12.3 Å². The van der Waals surface area contributed by atoms with Gasteiger partial charge in [0.2, 0.25) is 0 Å². The molecule has 1 rings (SSSR count). The van der Waals surface area contributed by atoms with Crippen molar-refractivity contribution in [1.82, 2.24) is 0 Å². The fourth-order valence-electron chi connectivity index (χ4n) is 1.12. The maximum absolute atomic E-state index is 9.55. The summed E-state index contributed by atoms with van der Waals surface area (Å²) < 4.78 is 5.02. The standard InChI is InChI=1S/C9H13NO2/c1-6-8(12-2)4-3-7(5-10)9(6)11/h3-4,11H,5,10H2,1-2H3. The zero-order chi connectivity index (χ0) is 9.14. The van der Waals surface area contributed by atoms with Gasteiger partial charge in [-0.15, -0.1) is 0 Å². The van der Waals surface area contributed by atoms with Gasteiger partial charge in [0.05, 0.1) is 7.11 Å². The molecule has 66 valence electrons. The normalized spacial score (nSPS) is 9.92. The molecule has 3 nitrogen and oxygen atoms in total. The molecule has 0 heterocycles. The van der Waals surface area contributed by atoms with Gasteiger partial charge in [-0.1, -0.05) is 6.07 Å². The number of benzene rings is 1. The van der Waals surface area contributed by atoms with E-state index in [9.17, 15) is 5.11 Å². The maximum atomic E-state index is 9.55. The number of hydrogen-bond donors (Lipinski definition) is 2. The Labute approximate surface area is 71.8 Å². The van der Waals surface area contributed by atoms with Gasteiger partial charge in [-0.3, -0.25) is 0 Å². The molecule has 1 aromatic rings. The minimum atomic E-state index is 0.233. The van der Waals surface area contributed by atoms with Crippen LogP contribution in [0, 0.1) is 6.92 Å². The van der Waals surface area contributed by atoms with Gasteiger partial charge < -0.3 is 15.6 Å². The van der Waals surface area contributed by atoms with Crippen molar-refractivity contribution in [1.29, 1.82) is 0 Å². The summed E-state index contributed by atoms with van der Waals surface area (Å²) in [4.78, 5) is 0. The highest BCUT2D eigenvalue weighted by Crippen LogP contribution is 2.29. The number of hydrogen-bond acceptors (Lipinski definition) is 3. The average Bonchev–Trinajstić information content (AvgIpc) is 2.10. The van der Waals surface area contributed by atoms with Gasteiger partial charge in [0.15, 0.2) is 0 Å². The first kappa shape index (κ1) is 8.87. The van der Waals surface area contributed by atoms with Gasteiger partial charge >= 0.3 is 0 Å². The third kappa shape index (κ3) is 1.36. The summed E-state index contributed by atoms with van der Waals surface area (Å²) in [6, 6.07) is 3.57. The summed E-state index contributed by atoms with van der Waals surface area (Å²) in [6.45, 7) is 2.14. The summed E-state index contributed by atoms with van der Waals surface area (Å²) in [7, 11) is 1.57. The Hall–Kier alpha value is -1.22. The SMILES string of the molecule is COc1ccc(CN)c(O)c1C. The van der Waals surface area contributed by atoms with Crippen molar-refractivity contribution in [2.75, 3.05) is 7.11 Å². The fourth-order valence-corrected chi connectivity index (χ4v) is 1.12. The van der Waals surface area contributed by atoms with Crippen molar-refractivity contribution in [3.8, 4) is 11.5 Å². The molecular weight excluding hydrogens is 154 g/mol. The zero-order valence-corrected chi connectivity index (χ0v) is 7.29. The third-order valence-corrected chi connectivity index (χ3v) is 1.90. The smallest absolute Gasteiger partial charge is 0.126 e. The highest BCUT2D eigenvalue weighted by atomic mass is 16.5. The van der Waals surface area contributed by atoms with E-state index < -0.39 is 0 Å². The third-order valence-electron chi connectivity index (χ3n) is 1.90. The van der Waals surface area contributed by atoms with Crippen LogP contribution >= 0.6 is 0 Å². The number of nitrogens with two attached hydrogens (primary N) is 1. The zero-order valence-electron chi connectivity index (χ0n) is 7.29. The van der Waals surface area contributed by atoms with E-state index in [4.69, 9.17) is 10.5 Å². The molecule has 0 aromatic heterocycles. The van der Waals surface area contributed by atoms with Crippen LogP contribution in [0.2, 0.25) is 0 Å². The number of ether oxygens (including phenoxy) is 1. The molecule has 0 fully saturated rings. The van der Waals surface area contributed by atoms with Crippen molar-refractivity contribution in [2.45, 2.75) is 13.5 Å². The minimum absolute atomic E-state index is 0.233. The lowest BCUT2D eigenvalue weighted by Crippen LogP contribution is -1.98. The van der Waals surface area contributed by atoms with Gasteiger partial charge in [-0.05, 0) is 13.0 Å². The van der Waals surface area contributed by atoms with Crippen molar-refractivity contribution in [2.24, 2.45) is 5.73 Å². The average molecular weight is 167 g/mol. The number of aromatic hydroxyl groups is 1. The van der Waals surface area contributed by atoms with Crippen LogP contribution in [0.3, 0.4) is 0 Å². The minimum Gasteiger partial charge on any atom is -0.507 e. The highest BCUT2D eigenvalue weighted by molar-refractivity contribution is 5.48. The van der Waals surface area contributed by atoms with Crippen molar-refractivity contribution in [3.05, 3.63) is 23.3 Å². The summed E-state index contributed by atoms with van der Waals surface area (Å²) in [5, 5.41) is 9.55. The molecular formula is C9H13NO2. The van der Waals surface area contributed by atoms with E-state index in [1.54, 1.807) is 26.2 Å². The van der Waals surface area contributed by atoms with Crippen LogP contribution in [0.5, 0.6) is 11.5 Å². The van der Waals surface area contributed by atoms with Crippen LogP contribution in [0.15, 0.2) is 12.1 Å². The molecule has 0 saturated heterocycles. The molecule has 0 saturated carbocycles. The second-order valence-electron chi connectivity index (χ2n) is 2.60. The Morgan fingerprint density at radius 1 is 1.50 bits per heavy atom. The Bertz CT molecular complexity index is 255. The van der Waals surface area contributed by atoms with Crippen LogP contribution in [-0.4, -0.2) is 12.2 Å². The lowest BCUT2D eigenvalue weighted by molar-refractivity contribution is 0.401. The topological polar surface area (TPSA) is 55.5 Å². The Morgan fingerprint density at radius 2 is 2.17 bits per heavy atom.